The Morgan fingerprint density at radius 3 is 2.29 bits per heavy atom. The number of hydrogen-bond donors (Lipinski definition) is 1. The average molecular weight is 284 g/mol. The molecule has 0 radical (unpaired) electrons. The molecule has 1 aliphatic heterocycles. The lowest BCUT2D eigenvalue weighted by Crippen LogP contribution is -2.47. The maximum Gasteiger partial charge on any atom is 0.225 e. The molecule has 2 aromatic rings. The van der Waals surface area contributed by atoms with Crippen molar-refractivity contribution in [2.45, 2.75) is 6.42 Å². The van der Waals surface area contributed by atoms with Crippen molar-refractivity contribution in [1.82, 2.24) is 15.0 Å². The molecule has 2 aromatic heterocycles. The van der Waals surface area contributed by atoms with Gasteiger partial charge in [0.15, 0.2) is 0 Å². The van der Waals surface area contributed by atoms with Gasteiger partial charge in [-0.3, -0.25) is 0 Å². The van der Waals surface area contributed by atoms with Crippen molar-refractivity contribution >= 4 is 11.8 Å². The van der Waals surface area contributed by atoms with Gasteiger partial charge >= 0.3 is 0 Å². The molecule has 1 aliphatic rings. The van der Waals surface area contributed by atoms with Crippen molar-refractivity contribution in [1.29, 1.82) is 0 Å². The summed E-state index contributed by atoms with van der Waals surface area (Å²) in [5.41, 5.74) is 6.75. The van der Waals surface area contributed by atoms with E-state index in [4.69, 9.17) is 5.73 Å². The van der Waals surface area contributed by atoms with E-state index >= 15 is 0 Å². The molecule has 1 saturated heterocycles. The normalized spacial score (nSPS) is 15.3. The van der Waals surface area contributed by atoms with Gasteiger partial charge in [0.25, 0.3) is 0 Å². The predicted molar refractivity (Wildman–Crippen MR) is 83.5 cm³/mol. The van der Waals surface area contributed by atoms with Crippen LogP contribution in [0.25, 0.3) is 0 Å². The van der Waals surface area contributed by atoms with E-state index < -0.39 is 0 Å². The van der Waals surface area contributed by atoms with E-state index in [0.717, 1.165) is 44.4 Å². The Kier molecular flexibility index (Phi) is 4.25. The monoisotopic (exact) mass is 284 g/mol. The number of nitrogens with two attached hydrogens (primary N) is 1. The number of anilines is 2. The summed E-state index contributed by atoms with van der Waals surface area (Å²) in [4.78, 5) is 17.6. The molecule has 1 fully saturated rings. The summed E-state index contributed by atoms with van der Waals surface area (Å²) in [6.07, 6.45) is 6.38. The molecule has 6 heteroatoms. The molecular formula is C15H20N6. The van der Waals surface area contributed by atoms with Crippen molar-refractivity contribution in [3.8, 4) is 0 Å². The minimum atomic E-state index is 0.663. The molecule has 6 nitrogen and oxygen atoms in total. The van der Waals surface area contributed by atoms with E-state index in [2.05, 4.69) is 36.9 Å². The summed E-state index contributed by atoms with van der Waals surface area (Å²) in [6, 6.07) is 6.04. The Bertz CT molecular complexity index is 548. The highest BCUT2D eigenvalue weighted by molar-refractivity contribution is 5.42. The fourth-order valence-electron chi connectivity index (χ4n) is 2.51. The number of hydrogen-bond acceptors (Lipinski definition) is 6. The highest BCUT2D eigenvalue weighted by Crippen LogP contribution is 2.16. The predicted octanol–water partition coefficient (Wildman–Crippen LogP) is 0.699. The Balaban J connectivity index is 1.60. The van der Waals surface area contributed by atoms with Gasteiger partial charge in [-0.1, -0.05) is 6.07 Å². The first-order valence-electron chi connectivity index (χ1n) is 7.29. The third-order valence-corrected chi connectivity index (χ3v) is 3.68. The summed E-state index contributed by atoms with van der Waals surface area (Å²) < 4.78 is 0. The number of piperazine rings is 1. The minimum Gasteiger partial charge on any atom is -0.353 e. The third kappa shape index (κ3) is 3.28. The minimum absolute atomic E-state index is 0.663. The van der Waals surface area contributed by atoms with Crippen LogP contribution in [0.1, 0.15) is 5.56 Å². The molecule has 21 heavy (non-hydrogen) atoms. The highest BCUT2D eigenvalue weighted by Gasteiger charge is 2.19. The van der Waals surface area contributed by atoms with Gasteiger partial charge in [-0.05, 0) is 30.7 Å². The molecule has 0 spiro atoms. The van der Waals surface area contributed by atoms with Crippen LogP contribution in [-0.4, -0.2) is 47.7 Å². The Morgan fingerprint density at radius 2 is 1.67 bits per heavy atom. The summed E-state index contributed by atoms with van der Waals surface area (Å²) in [5.74, 6) is 1.84. The largest absolute Gasteiger partial charge is 0.353 e. The average Bonchev–Trinajstić information content (AvgIpc) is 2.57. The Labute approximate surface area is 124 Å². The van der Waals surface area contributed by atoms with Crippen LogP contribution in [0.5, 0.6) is 0 Å². The molecule has 0 atom stereocenters. The second kappa shape index (κ2) is 6.49. The number of pyridine rings is 1. The molecule has 0 bridgehead atoms. The molecular weight excluding hydrogens is 264 g/mol. The lowest BCUT2D eigenvalue weighted by atomic mass is 10.2. The molecule has 3 heterocycles. The molecule has 2 N–H and O–H groups in total. The van der Waals surface area contributed by atoms with Gasteiger partial charge in [0, 0.05) is 44.8 Å². The van der Waals surface area contributed by atoms with E-state index in [1.165, 1.54) is 5.56 Å². The van der Waals surface area contributed by atoms with Crippen LogP contribution in [0.3, 0.4) is 0 Å². The lowest BCUT2D eigenvalue weighted by Gasteiger charge is -2.35. The maximum absolute atomic E-state index is 5.56. The molecule has 0 aromatic carbocycles. The standard InChI is InChI=1S/C15H20N6/c16-5-4-13-2-3-14(19-12-13)20-8-10-21(11-9-20)15-17-6-1-7-18-15/h1-3,6-7,12H,4-5,8-11,16H2. The maximum atomic E-state index is 5.56. The first kappa shape index (κ1) is 13.8. The van der Waals surface area contributed by atoms with Crippen molar-refractivity contribution in [2.75, 3.05) is 42.5 Å². The van der Waals surface area contributed by atoms with E-state index in [0.29, 0.717) is 6.54 Å². The number of aromatic nitrogens is 3. The zero-order chi connectivity index (χ0) is 14.5. The second-order valence-electron chi connectivity index (χ2n) is 5.09. The zero-order valence-corrected chi connectivity index (χ0v) is 12.0. The fourth-order valence-corrected chi connectivity index (χ4v) is 2.51. The molecule has 110 valence electrons. The van der Waals surface area contributed by atoms with Crippen LogP contribution in [-0.2, 0) is 6.42 Å². The molecule has 3 rings (SSSR count). The van der Waals surface area contributed by atoms with Crippen LogP contribution in [0.2, 0.25) is 0 Å². The first-order valence-corrected chi connectivity index (χ1v) is 7.29. The lowest BCUT2D eigenvalue weighted by molar-refractivity contribution is 0.634. The topological polar surface area (TPSA) is 71.2 Å². The second-order valence-corrected chi connectivity index (χ2v) is 5.09. The van der Waals surface area contributed by atoms with E-state index in [1.54, 1.807) is 12.4 Å². The van der Waals surface area contributed by atoms with Crippen LogP contribution in [0.4, 0.5) is 11.8 Å². The quantitative estimate of drug-likeness (QED) is 0.891. The SMILES string of the molecule is NCCc1ccc(N2CCN(c3ncccn3)CC2)nc1. The highest BCUT2D eigenvalue weighted by atomic mass is 15.3. The van der Waals surface area contributed by atoms with Crippen molar-refractivity contribution in [2.24, 2.45) is 5.73 Å². The third-order valence-electron chi connectivity index (χ3n) is 3.68. The summed E-state index contributed by atoms with van der Waals surface area (Å²) in [6.45, 7) is 4.35. The van der Waals surface area contributed by atoms with E-state index in [9.17, 15) is 0 Å². The summed E-state index contributed by atoms with van der Waals surface area (Å²) in [7, 11) is 0. The molecule has 0 aliphatic carbocycles. The smallest absolute Gasteiger partial charge is 0.225 e. The van der Waals surface area contributed by atoms with Crippen LogP contribution in [0.15, 0.2) is 36.8 Å². The number of rotatable bonds is 4. The van der Waals surface area contributed by atoms with Crippen molar-refractivity contribution in [3.63, 3.8) is 0 Å². The van der Waals surface area contributed by atoms with Crippen LogP contribution in [0, 0.1) is 0 Å². The van der Waals surface area contributed by atoms with E-state index in [1.807, 2.05) is 12.3 Å². The van der Waals surface area contributed by atoms with Gasteiger partial charge in [0.2, 0.25) is 5.95 Å². The van der Waals surface area contributed by atoms with Gasteiger partial charge < -0.3 is 15.5 Å². The van der Waals surface area contributed by atoms with Crippen LogP contribution >= 0.6 is 0 Å². The van der Waals surface area contributed by atoms with E-state index in [-0.39, 0.29) is 0 Å². The van der Waals surface area contributed by atoms with Crippen molar-refractivity contribution in [3.05, 3.63) is 42.4 Å². The Hall–Kier alpha value is -2.21. The summed E-state index contributed by atoms with van der Waals surface area (Å²) in [5, 5.41) is 0. The number of nitrogens with zero attached hydrogens (tertiary/aromatic N) is 5. The molecule has 0 unspecified atom stereocenters. The van der Waals surface area contributed by atoms with Gasteiger partial charge in [0.1, 0.15) is 5.82 Å². The molecule has 0 amide bonds. The van der Waals surface area contributed by atoms with Gasteiger partial charge in [-0.2, -0.15) is 0 Å². The Morgan fingerprint density at radius 1 is 0.952 bits per heavy atom. The van der Waals surface area contributed by atoms with Gasteiger partial charge in [-0.15, -0.1) is 0 Å². The van der Waals surface area contributed by atoms with Gasteiger partial charge in [-0.25, -0.2) is 15.0 Å². The summed E-state index contributed by atoms with van der Waals surface area (Å²) >= 11 is 0. The first-order chi connectivity index (χ1) is 10.4. The van der Waals surface area contributed by atoms with Crippen molar-refractivity contribution < 1.29 is 0 Å². The van der Waals surface area contributed by atoms with Gasteiger partial charge in [0.05, 0.1) is 0 Å². The van der Waals surface area contributed by atoms with Crippen LogP contribution < -0.4 is 15.5 Å². The zero-order valence-electron chi connectivity index (χ0n) is 12.0. The molecule has 0 saturated carbocycles. The fraction of sp³-hybridized carbons (Fsp3) is 0.400.